The van der Waals surface area contributed by atoms with E-state index in [-0.39, 0.29) is 6.09 Å². The number of hydrogen-bond acceptors (Lipinski definition) is 5. The summed E-state index contributed by atoms with van der Waals surface area (Å²) >= 11 is 0. The summed E-state index contributed by atoms with van der Waals surface area (Å²) in [6.45, 7) is 6.70. The van der Waals surface area contributed by atoms with Crippen molar-refractivity contribution in [1.82, 2.24) is 14.9 Å². The summed E-state index contributed by atoms with van der Waals surface area (Å²) in [5, 5.41) is 4.33. The molecule has 0 bridgehead atoms. The maximum absolute atomic E-state index is 12.3. The van der Waals surface area contributed by atoms with E-state index in [1.165, 1.54) is 0 Å². The fraction of sp³-hybridized carbons (Fsp3) is 0.292. The van der Waals surface area contributed by atoms with Gasteiger partial charge < -0.3 is 25.7 Å². The third-order valence-electron chi connectivity index (χ3n) is 5.19. The van der Waals surface area contributed by atoms with Crippen LogP contribution in [0.2, 0.25) is 0 Å². The number of pyridine rings is 1. The van der Waals surface area contributed by atoms with Gasteiger partial charge in [0, 0.05) is 41.6 Å². The first-order valence-corrected chi connectivity index (χ1v) is 10.5. The molecule has 2 amide bonds. The van der Waals surface area contributed by atoms with Crippen molar-refractivity contribution in [2.75, 3.05) is 18.4 Å². The van der Waals surface area contributed by atoms with Crippen LogP contribution in [0, 0.1) is 0 Å². The van der Waals surface area contributed by atoms with Gasteiger partial charge >= 0.3 is 6.09 Å². The van der Waals surface area contributed by atoms with Gasteiger partial charge in [0.15, 0.2) is 0 Å². The number of H-pyrrole nitrogens is 1. The second-order valence-electron chi connectivity index (χ2n) is 8.78. The minimum atomic E-state index is -0.506. The average Bonchev–Trinajstić information content (AvgIpc) is 3.18. The highest BCUT2D eigenvalue weighted by molar-refractivity contribution is 5.95. The van der Waals surface area contributed by atoms with Gasteiger partial charge in [-0.1, -0.05) is 6.08 Å². The minimum Gasteiger partial charge on any atom is -0.444 e. The number of aromatic nitrogens is 2. The number of fused-ring (bicyclic) bond motifs is 1. The lowest BCUT2D eigenvalue weighted by Gasteiger charge is -2.29. The smallest absolute Gasteiger partial charge is 0.410 e. The summed E-state index contributed by atoms with van der Waals surface area (Å²) in [5.41, 5.74) is 9.90. The van der Waals surface area contributed by atoms with Gasteiger partial charge in [-0.25, -0.2) is 9.78 Å². The van der Waals surface area contributed by atoms with Crippen LogP contribution in [0.25, 0.3) is 16.6 Å². The maximum atomic E-state index is 12.3. The number of carbonyl (C=O) groups excluding carboxylic acids is 2. The van der Waals surface area contributed by atoms with E-state index >= 15 is 0 Å². The van der Waals surface area contributed by atoms with Crippen LogP contribution < -0.4 is 11.1 Å². The molecule has 0 saturated carbocycles. The SMILES string of the molecule is CC(C)(C)OC(=O)N1CC=C(c2cc3c(Nc4ccc(C(N)=O)cc4)ccnc3[nH]2)CC1. The summed E-state index contributed by atoms with van der Waals surface area (Å²) in [6.07, 6.45) is 4.22. The van der Waals surface area contributed by atoms with Crippen LogP contribution in [-0.2, 0) is 4.74 Å². The first-order valence-electron chi connectivity index (χ1n) is 10.5. The van der Waals surface area contributed by atoms with Crippen LogP contribution in [0.3, 0.4) is 0 Å². The fourth-order valence-corrected chi connectivity index (χ4v) is 3.59. The van der Waals surface area contributed by atoms with Gasteiger partial charge in [0.25, 0.3) is 0 Å². The minimum absolute atomic E-state index is 0.292. The Morgan fingerprint density at radius 1 is 1.19 bits per heavy atom. The van der Waals surface area contributed by atoms with Gasteiger partial charge in [-0.05, 0) is 69.2 Å². The number of amides is 2. The zero-order valence-electron chi connectivity index (χ0n) is 18.4. The van der Waals surface area contributed by atoms with Gasteiger partial charge in [-0.2, -0.15) is 0 Å². The summed E-state index contributed by atoms with van der Waals surface area (Å²) in [7, 11) is 0. The zero-order valence-corrected chi connectivity index (χ0v) is 18.4. The molecule has 8 nitrogen and oxygen atoms in total. The predicted molar refractivity (Wildman–Crippen MR) is 125 cm³/mol. The third kappa shape index (κ3) is 4.74. The number of benzene rings is 1. The Bertz CT molecular complexity index is 1190. The molecule has 32 heavy (non-hydrogen) atoms. The molecule has 1 aliphatic rings. The van der Waals surface area contributed by atoms with Gasteiger partial charge in [0.05, 0.1) is 5.69 Å². The van der Waals surface area contributed by atoms with Crippen LogP contribution in [0.5, 0.6) is 0 Å². The molecule has 8 heteroatoms. The summed E-state index contributed by atoms with van der Waals surface area (Å²) in [6, 6.07) is 11.0. The van der Waals surface area contributed by atoms with E-state index in [0.29, 0.717) is 18.7 Å². The lowest BCUT2D eigenvalue weighted by atomic mass is 10.0. The van der Waals surface area contributed by atoms with Crippen molar-refractivity contribution in [2.24, 2.45) is 5.73 Å². The van der Waals surface area contributed by atoms with E-state index in [1.54, 1.807) is 23.2 Å². The van der Waals surface area contributed by atoms with Crippen molar-refractivity contribution >= 4 is 40.0 Å². The number of anilines is 2. The molecule has 0 aliphatic carbocycles. The topological polar surface area (TPSA) is 113 Å². The Morgan fingerprint density at radius 2 is 1.94 bits per heavy atom. The van der Waals surface area contributed by atoms with Crippen molar-refractivity contribution in [2.45, 2.75) is 32.8 Å². The molecule has 1 aromatic carbocycles. The molecule has 166 valence electrons. The molecule has 0 saturated heterocycles. The Labute approximate surface area is 186 Å². The van der Waals surface area contributed by atoms with Gasteiger partial charge in [-0.3, -0.25) is 4.79 Å². The highest BCUT2D eigenvalue weighted by atomic mass is 16.6. The molecule has 3 heterocycles. The van der Waals surface area contributed by atoms with Crippen molar-refractivity contribution in [3.63, 3.8) is 0 Å². The van der Waals surface area contributed by atoms with Crippen LogP contribution >= 0.6 is 0 Å². The van der Waals surface area contributed by atoms with Crippen molar-refractivity contribution in [1.29, 1.82) is 0 Å². The first-order chi connectivity index (χ1) is 15.2. The number of hydrogen-bond donors (Lipinski definition) is 3. The second kappa shape index (κ2) is 8.37. The standard InChI is InChI=1S/C24H27N5O3/c1-24(2,3)32-23(31)29-12-9-15(10-13-29)20-14-18-19(8-11-26-22(18)28-20)27-17-6-4-16(5-7-17)21(25)30/h4-9,11,14H,10,12-13H2,1-3H3,(H2,25,30)(H2,26,27,28). The summed E-state index contributed by atoms with van der Waals surface area (Å²) in [5.74, 6) is -0.455. The van der Waals surface area contributed by atoms with Crippen LogP contribution in [0.1, 0.15) is 43.2 Å². The quantitative estimate of drug-likeness (QED) is 0.563. The number of nitrogens with zero attached hydrogens (tertiary/aromatic N) is 2. The van der Waals surface area contributed by atoms with Gasteiger partial charge in [0.1, 0.15) is 11.2 Å². The van der Waals surface area contributed by atoms with Crippen LogP contribution in [0.4, 0.5) is 16.2 Å². The van der Waals surface area contributed by atoms with Crippen molar-refractivity contribution < 1.29 is 14.3 Å². The lowest BCUT2D eigenvalue weighted by Crippen LogP contribution is -2.39. The third-order valence-corrected chi connectivity index (χ3v) is 5.19. The molecule has 4 N–H and O–H groups in total. The van der Waals surface area contributed by atoms with Crippen molar-refractivity contribution in [3.8, 4) is 0 Å². The Morgan fingerprint density at radius 3 is 2.56 bits per heavy atom. The first kappa shape index (κ1) is 21.4. The van der Waals surface area contributed by atoms with E-state index in [0.717, 1.165) is 40.1 Å². The lowest BCUT2D eigenvalue weighted by molar-refractivity contribution is 0.0270. The molecule has 0 unspecified atom stereocenters. The molecular formula is C24H27N5O3. The number of nitrogens with one attached hydrogen (secondary N) is 2. The highest BCUT2D eigenvalue weighted by Gasteiger charge is 2.24. The summed E-state index contributed by atoms with van der Waals surface area (Å²) < 4.78 is 5.46. The normalized spacial score (nSPS) is 14.2. The monoisotopic (exact) mass is 433 g/mol. The Kier molecular flexibility index (Phi) is 5.61. The largest absolute Gasteiger partial charge is 0.444 e. The van der Waals surface area contributed by atoms with Crippen LogP contribution in [-0.4, -0.2) is 45.6 Å². The highest BCUT2D eigenvalue weighted by Crippen LogP contribution is 2.30. The number of aromatic amines is 1. The van der Waals surface area contributed by atoms with E-state index in [4.69, 9.17) is 10.5 Å². The number of carbonyl (C=O) groups is 2. The molecule has 0 spiro atoms. The number of nitrogens with two attached hydrogens (primary N) is 1. The maximum Gasteiger partial charge on any atom is 0.410 e. The molecule has 0 atom stereocenters. The van der Waals surface area contributed by atoms with E-state index in [2.05, 4.69) is 21.4 Å². The Hall–Kier alpha value is -3.81. The van der Waals surface area contributed by atoms with E-state index < -0.39 is 11.5 Å². The summed E-state index contributed by atoms with van der Waals surface area (Å²) in [4.78, 5) is 33.1. The fourth-order valence-electron chi connectivity index (χ4n) is 3.59. The van der Waals surface area contributed by atoms with Gasteiger partial charge in [0.2, 0.25) is 5.91 Å². The predicted octanol–water partition coefficient (Wildman–Crippen LogP) is 4.43. The van der Waals surface area contributed by atoms with Crippen molar-refractivity contribution in [3.05, 3.63) is 59.9 Å². The molecule has 3 aromatic rings. The molecule has 4 rings (SSSR count). The molecule has 2 aromatic heterocycles. The number of ether oxygens (including phenoxy) is 1. The Balaban J connectivity index is 1.52. The molecule has 0 fully saturated rings. The zero-order chi connectivity index (χ0) is 22.9. The number of primary amides is 1. The molecule has 1 aliphatic heterocycles. The van der Waals surface area contributed by atoms with E-state index in [1.807, 2.05) is 45.0 Å². The van der Waals surface area contributed by atoms with Gasteiger partial charge in [-0.15, -0.1) is 0 Å². The average molecular weight is 434 g/mol. The molecular weight excluding hydrogens is 406 g/mol. The second-order valence-corrected chi connectivity index (χ2v) is 8.78. The van der Waals surface area contributed by atoms with E-state index in [9.17, 15) is 9.59 Å². The molecule has 0 radical (unpaired) electrons. The number of rotatable bonds is 4. The van der Waals surface area contributed by atoms with Crippen LogP contribution in [0.15, 0.2) is 48.7 Å².